The molecule has 2 aromatic rings. The first-order chi connectivity index (χ1) is 14.5. The van der Waals surface area contributed by atoms with Gasteiger partial charge in [-0.25, -0.2) is 0 Å². The molecule has 0 bridgehead atoms. The standard InChI is InChI=1S/C25H29NO4/c1-17-11-13-19(14-12-17)23(18-7-3-2-4-8-18)30-16-20(27)15-26-24(28)21-9-5-6-10-22(21)25(26)29/h2-4,7-8,11-14,20-23,27H,5-6,9-10,15-16H2,1H3/t20-,21-,22+,23+/m0/s1. The lowest BCUT2D eigenvalue weighted by molar-refractivity contribution is -0.142. The number of fused-ring (bicyclic) bond motifs is 1. The van der Waals surface area contributed by atoms with Crippen LogP contribution in [0.1, 0.15) is 48.5 Å². The molecule has 0 radical (unpaired) electrons. The molecular weight excluding hydrogens is 378 g/mol. The number of nitrogens with zero attached hydrogens (tertiary/aromatic N) is 1. The molecule has 30 heavy (non-hydrogen) atoms. The van der Waals surface area contributed by atoms with Gasteiger partial charge >= 0.3 is 0 Å². The fraction of sp³-hybridized carbons (Fsp3) is 0.440. The molecular formula is C25H29NO4. The van der Waals surface area contributed by atoms with E-state index in [1.165, 1.54) is 4.90 Å². The molecule has 2 amide bonds. The Morgan fingerprint density at radius 2 is 1.50 bits per heavy atom. The SMILES string of the molecule is Cc1ccc([C@H](OC[C@@H](O)CN2C(=O)[C@H]3CCCC[C@H]3C2=O)c2ccccc2)cc1. The number of amides is 2. The maximum Gasteiger partial charge on any atom is 0.233 e. The summed E-state index contributed by atoms with van der Waals surface area (Å²) >= 11 is 0. The Bertz CT molecular complexity index is 856. The molecule has 0 unspecified atom stereocenters. The minimum Gasteiger partial charge on any atom is -0.389 e. The highest BCUT2D eigenvalue weighted by atomic mass is 16.5. The lowest BCUT2D eigenvalue weighted by Crippen LogP contribution is -2.39. The van der Waals surface area contributed by atoms with Gasteiger partial charge in [0.2, 0.25) is 11.8 Å². The fourth-order valence-electron chi connectivity index (χ4n) is 4.64. The van der Waals surface area contributed by atoms with Crippen molar-refractivity contribution in [3.8, 4) is 0 Å². The Morgan fingerprint density at radius 3 is 2.10 bits per heavy atom. The van der Waals surface area contributed by atoms with Crippen molar-refractivity contribution in [2.75, 3.05) is 13.2 Å². The van der Waals surface area contributed by atoms with E-state index in [4.69, 9.17) is 4.74 Å². The summed E-state index contributed by atoms with van der Waals surface area (Å²) in [6, 6.07) is 18.0. The van der Waals surface area contributed by atoms with E-state index in [9.17, 15) is 14.7 Å². The van der Waals surface area contributed by atoms with Crippen molar-refractivity contribution in [2.45, 2.75) is 44.8 Å². The Labute approximate surface area is 177 Å². The van der Waals surface area contributed by atoms with Crippen LogP contribution in [0, 0.1) is 18.8 Å². The Hall–Kier alpha value is -2.50. The highest BCUT2D eigenvalue weighted by Gasteiger charge is 2.48. The summed E-state index contributed by atoms with van der Waals surface area (Å²) in [5.74, 6) is -0.628. The van der Waals surface area contributed by atoms with Crippen LogP contribution in [0.5, 0.6) is 0 Å². The van der Waals surface area contributed by atoms with Crippen LogP contribution in [0.3, 0.4) is 0 Å². The summed E-state index contributed by atoms with van der Waals surface area (Å²) in [7, 11) is 0. The second-order valence-electron chi connectivity index (χ2n) is 8.47. The number of benzene rings is 2. The number of imide groups is 1. The van der Waals surface area contributed by atoms with Gasteiger partial charge in [0.15, 0.2) is 0 Å². The molecule has 4 rings (SSSR count). The summed E-state index contributed by atoms with van der Waals surface area (Å²) in [5, 5.41) is 10.6. The summed E-state index contributed by atoms with van der Waals surface area (Å²) in [5.41, 5.74) is 3.16. The van der Waals surface area contributed by atoms with Gasteiger partial charge in [-0.1, -0.05) is 73.0 Å². The molecule has 4 atom stereocenters. The largest absolute Gasteiger partial charge is 0.389 e. The molecule has 0 aromatic heterocycles. The molecule has 1 N–H and O–H groups in total. The fourth-order valence-corrected chi connectivity index (χ4v) is 4.64. The van der Waals surface area contributed by atoms with Gasteiger partial charge in [-0.05, 0) is 30.9 Å². The number of aliphatic hydroxyl groups is 1. The van der Waals surface area contributed by atoms with Gasteiger partial charge in [-0.2, -0.15) is 0 Å². The lowest BCUT2D eigenvalue weighted by Gasteiger charge is -2.23. The van der Waals surface area contributed by atoms with Crippen molar-refractivity contribution >= 4 is 11.8 Å². The molecule has 5 heteroatoms. The van der Waals surface area contributed by atoms with E-state index in [1.807, 2.05) is 61.5 Å². The number of carbonyl (C=O) groups is 2. The van der Waals surface area contributed by atoms with Gasteiger partial charge in [-0.15, -0.1) is 0 Å². The van der Waals surface area contributed by atoms with E-state index in [0.717, 1.165) is 42.4 Å². The highest BCUT2D eigenvalue weighted by Crippen LogP contribution is 2.38. The van der Waals surface area contributed by atoms with Crippen LogP contribution in [0.4, 0.5) is 0 Å². The molecule has 1 heterocycles. The van der Waals surface area contributed by atoms with Crippen molar-refractivity contribution in [3.63, 3.8) is 0 Å². The van der Waals surface area contributed by atoms with Crippen molar-refractivity contribution in [2.24, 2.45) is 11.8 Å². The van der Waals surface area contributed by atoms with E-state index in [0.29, 0.717) is 0 Å². The van der Waals surface area contributed by atoms with Crippen molar-refractivity contribution in [1.82, 2.24) is 4.90 Å². The Morgan fingerprint density at radius 1 is 0.933 bits per heavy atom. The van der Waals surface area contributed by atoms with E-state index >= 15 is 0 Å². The molecule has 5 nitrogen and oxygen atoms in total. The molecule has 0 spiro atoms. The predicted octanol–water partition coefficient (Wildman–Crippen LogP) is 3.64. The average Bonchev–Trinajstić information content (AvgIpc) is 3.01. The van der Waals surface area contributed by atoms with Crippen LogP contribution in [-0.2, 0) is 14.3 Å². The number of ether oxygens (including phenoxy) is 1. The minimum atomic E-state index is -0.922. The molecule has 2 fully saturated rings. The third-order valence-electron chi connectivity index (χ3n) is 6.26. The predicted molar refractivity (Wildman–Crippen MR) is 114 cm³/mol. The molecule has 2 aromatic carbocycles. The van der Waals surface area contributed by atoms with Crippen LogP contribution < -0.4 is 0 Å². The van der Waals surface area contributed by atoms with Gasteiger partial charge < -0.3 is 9.84 Å². The van der Waals surface area contributed by atoms with Gasteiger partial charge in [-0.3, -0.25) is 14.5 Å². The first kappa shape index (κ1) is 20.8. The molecule has 1 aliphatic carbocycles. The van der Waals surface area contributed by atoms with Crippen LogP contribution in [-0.4, -0.2) is 41.1 Å². The summed E-state index contributed by atoms with van der Waals surface area (Å²) in [6.45, 7) is 2.08. The molecule has 2 aliphatic rings. The van der Waals surface area contributed by atoms with Crippen LogP contribution in [0.2, 0.25) is 0 Å². The zero-order valence-corrected chi connectivity index (χ0v) is 17.4. The maximum atomic E-state index is 12.7. The third-order valence-corrected chi connectivity index (χ3v) is 6.26. The number of hydrogen-bond donors (Lipinski definition) is 1. The molecule has 1 saturated heterocycles. The molecule has 1 aliphatic heterocycles. The van der Waals surface area contributed by atoms with Crippen molar-refractivity contribution < 1.29 is 19.4 Å². The van der Waals surface area contributed by atoms with Gasteiger partial charge in [0.05, 0.1) is 31.1 Å². The number of aryl methyl sites for hydroxylation is 1. The summed E-state index contributed by atoms with van der Waals surface area (Å²) in [4.78, 5) is 26.6. The van der Waals surface area contributed by atoms with E-state index < -0.39 is 6.10 Å². The maximum absolute atomic E-state index is 12.7. The van der Waals surface area contributed by atoms with Crippen LogP contribution >= 0.6 is 0 Å². The van der Waals surface area contributed by atoms with Crippen molar-refractivity contribution in [1.29, 1.82) is 0 Å². The molecule has 1 saturated carbocycles. The lowest BCUT2D eigenvalue weighted by atomic mass is 9.81. The normalized spacial score (nSPS) is 23.3. The Balaban J connectivity index is 1.43. The van der Waals surface area contributed by atoms with E-state index in [-0.39, 0.29) is 42.9 Å². The Kier molecular flexibility index (Phi) is 6.30. The zero-order chi connectivity index (χ0) is 21.1. The monoisotopic (exact) mass is 407 g/mol. The second-order valence-corrected chi connectivity index (χ2v) is 8.47. The number of carbonyl (C=O) groups excluding carboxylic acids is 2. The summed E-state index contributed by atoms with van der Waals surface area (Å²) < 4.78 is 6.12. The molecule has 158 valence electrons. The van der Waals surface area contributed by atoms with Crippen LogP contribution in [0.15, 0.2) is 54.6 Å². The van der Waals surface area contributed by atoms with E-state index in [2.05, 4.69) is 0 Å². The third kappa shape index (κ3) is 4.32. The minimum absolute atomic E-state index is 0.0000736. The average molecular weight is 408 g/mol. The quantitative estimate of drug-likeness (QED) is 0.712. The first-order valence-electron chi connectivity index (χ1n) is 10.8. The highest BCUT2D eigenvalue weighted by molar-refractivity contribution is 6.05. The smallest absolute Gasteiger partial charge is 0.233 e. The number of β-amino-alcohol motifs (C(OH)–C–C–N with tert-alkyl or cyclic N) is 1. The number of likely N-dealkylation sites (tertiary alicyclic amines) is 1. The summed E-state index contributed by atoms with van der Waals surface area (Å²) in [6.07, 6.45) is 2.30. The van der Waals surface area contributed by atoms with Gasteiger partial charge in [0.1, 0.15) is 6.10 Å². The number of rotatable bonds is 7. The van der Waals surface area contributed by atoms with Crippen LogP contribution in [0.25, 0.3) is 0 Å². The topological polar surface area (TPSA) is 66.8 Å². The second kappa shape index (κ2) is 9.11. The van der Waals surface area contributed by atoms with Gasteiger partial charge in [0.25, 0.3) is 0 Å². The van der Waals surface area contributed by atoms with Gasteiger partial charge in [0, 0.05) is 0 Å². The van der Waals surface area contributed by atoms with E-state index in [1.54, 1.807) is 0 Å². The number of hydrogen-bond acceptors (Lipinski definition) is 4. The first-order valence-corrected chi connectivity index (χ1v) is 10.8. The zero-order valence-electron chi connectivity index (χ0n) is 17.4. The number of aliphatic hydroxyl groups excluding tert-OH is 1. The van der Waals surface area contributed by atoms with Crippen molar-refractivity contribution in [3.05, 3.63) is 71.3 Å².